The zero-order valence-electron chi connectivity index (χ0n) is 16.4. The third-order valence-electron chi connectivity index (χ3n) is 4.91. The Morgan fingerprint density at radius 1 is 1.07 bits per heavy atom. The lowest BCUT2D eigenvalue weighted by Crippen LogP contribution is -2.36. The number of ether oxygens (including phenoxy) is 1. The molecule has 0 spiro atoms. The van der Waals surface area contributed by atoms with E-state index in [-0.39, 0.29) is 21.4 Å². The van der Waals surface area contributed by atoms with Gasteiger partial charge in [0.05, 0.1) is 11.6 Å². The minimum absolute atomic E-state index is 0.0161. The number of rotatable bonds is 7. The van der Waals surface area contributed by atoms with E-state index in [1.807, 2.05) is 24.3 Å². The summed E-state index contributed by atoms with van der Waals surface area (Å²) in [4.78, 5) is 12.6. The molecule has 2 aromatic carbocycles. The zero-order valence-corrected chi connectivity index (χ0v) is 17.9. The summed E-state index contributed by atoms with van der Waals surface area (Å²) in [6, 6.07) is 12.1. The van der Waals surface area contributed by atoms with Crippen molar-refractivity contribution in [1.29, 1.82) is 0 Å². The molecule has 1 amide bonds. The standard InChI is InChI=1S/C21H25ClN2O4S/c1-28-15-17-7-5-16(6-8-17)14-23-21(25)18-9-10-19(22)20(13-18)29(26,27)24-11-3-2-4-12-24/h5-10,13H,2-4,11-12,14-15H2,1H3,(H,23,25). The van der Waals surface area contributed by atoms with Gasteiger partial charge in [0, 0.05) is 32.3 Å². The van der Waals surface area contributed by atoms with Crippen LogP contribution in [0.5, 0.6) is 0 Å². The van der Waals surface area contributed by atoms with Crippen molar-refractivity contribution in [3.05, 3.63) is 64.2 Å². The third-order valence-corrected chi connectivity index (χ3v) is 7.29. The van der Waals surface area contributed by atoms with Gasteiger partial charge < -0.3 is 10.1 Å². The molecule has 8 heteroatoms. The van der Waals surface area contributed by atoms with Crippen molar-refractivity contribution in [3.63, 3.8) is 0 Å². The lowest BCUT2D eigenvalue weighted by atomic mass is 10.1. The molecule has 29 heavy (non-hydrogen) atoms. The van der Waals surface area contributed by atoms with Crippen LogP contribution in [-0.2, 0) is 27.9 Å². The summed E-state index contributed by atoms with van der Waals surface area (Å²) in [6.07, 6.45) is 2.69. The minimum Gasteiger partial charge on any atom is -0.380 e. The third kappa shape index (κ3) is 5.36. The monoisotopic (exact) mass is 436 g/mol. The van der Waals surface area contributed by atoms with E-state index in [0.29, 0.717) is 26.2 Å². The summed E-state index contributed by atoms with van der Waals surface area (Å²) in [5, 5.41) is 2.95. The van der Waals surface area contributed by atoms with Gasteiger partial charge in [-0.25, -0.2) is 8.42 Å². The van der Waals surface area contributed by atoms with E-state index in [9.17, 15) is 13.2 Å². The summed E-state index contributed by atoms with van der Waals surface area (Å²) in [7, 11) is -2.08. The number of carbonyl (C=O) groups excluding carboxylic acids is 1. The average molecular weight is 437 g/mol. The van der Waals surface area contributed by atoms with Crippen LogP contribution in [-0.4, -0.2) is 38.8 Å². The van der Waals surface area contributed by atoms with Crippen LogP contribution < -0.4 is 5.32 Å². The van der Waals surface area contributed by atoms with Crippen LogP contribution in [0.25, 0.3) is 0 Å². The molecule has 6 nitrogen and oxygen atoms in total. The first-order valence-electron chi connectivity index (χ1n) is 9.56. The van der Waals surface area contributed by atoms with Crippen LogP contribution in [0.4, 0.5) is 0 Å². The van der Waals surface area contributed by atoms with Gasteiger partial charge in [0.1, 0.15) is 4.90 Å². The fourth-order valence-electron chi connectivity index (χ4n) is 3.29. The second kappa shape index (κ2) is 9.71. The van der Waals surface area contributed by atoms with E-state index < -0.39 is 10.0 Å². The number of halogens is 1. The molecule has 1 saturated heterocycles. The second-order valence-electron chi connectivity index (χ2n) is 7.04. The van der Waals surface area contributed by atoms with E-state index >= 15 is 0 Å². The van der Waals surface area contributed by atoms with Gasteiger partial charge >= 0.3 is 0 Å². The van der Waals surface area contributed by atoms with Gasteiger partial charge in [-0.3, -0.25) is 4.79 Å². The molecule has 0 aromatic heterocycles. The lowest BCUT2D eigenvalue weighted by Gasteiger charge is -2.26. The summed E-state index contributed by atoms with van der Waals surface area (Å²) in [5.74, 6) is -0.349. The number of carbonyl (C=O) groups is 1. The minimum atomic E-state index is -3.72. The fourth-order valence-corrected chi connectivity index (χ4v) is 5.31. The molecule has 1 aliphatic heterocycles. The molecule has 0 aliphatic carbocycles. The Morgan fingerprint density at radius 3 is 2.38 bits per heavy atom. The maximum Gasteiger partial charge on any atom is 0.251 e. The lowest BCUT2D eigenvalue weighted by molar-refractivity contribution is 0.0950. The predicted molar refractivity (Wildman–Crippen MR) is 112 cm³/mol. The van der Waals surface area contributed by atoms with E-state index in [4.69, 9.17) is 16.3 Å². The van der Waals surface area contributed by atoms with Crippen molar-refractivity contribution in [2.45, 2.75) is 37.3 Å². The maximum absolute atomic E-state index is 12.9. The molecule has 0 unspecified atom stereocenters. The smallest absolute Gasteiger partial charge is 0.251 e. The normalized spacial score (nSPS) is 15.2. The molecule has 0 radical (unpaired) electrons. The number of sulfonamides is 1. The van der Waals surface area contributed by atoms with Gasteiger partial charge in [-0.2, -0.15) is 4.31 Å². The van der Waals surface area contributed by atoms with E-state index in [2.05, 4.69) is 5.32 Å². The summed E-state index contributed by atoms with van der Waals surface area (Å²) < 4.78 is 32.4. The highest BCUT2D eigenvalue weighted by Crippen LogP contribution is 2.28. The molecule has 2 aromatic rings. The SMILES string of the molecule is COCc1ccc(CNC(=O)c2ccc(Cl)c(S(=O)(=O)N3CCCCC3)c2)cc1. The number of hydrogen-bond donors (Lipinski definition) is 1. The number of piperidine rings is 1. The first-order valence-corrected chi connectivity index (χ1v) is 11.4. The number of amides is 1. The van der Waals surface area contributed by atoms with Crippen LogP contribution in [0.2, 0.25) is 5.02 Å². The molecule has 1 heterocycles. The number of nitrogens with one attached hydrogen (secondary N) is 1. The van der Waals surface area contributed by atoms with Crippen LogP contribution >= 0.6 is 11.6 Å². The van der Waals surface area contributed by atoms with Crippen LogP contribution in [0.3, 0.4) is 0 Å². The van der Waals surface area contributed by atoms with Gasteiger partial charge in [-0.15, -0.1) is 0 Å². The number of benzene rings is 2. The Morgan fingerprint density at radius 2 is 1.72 bits per heavy atom. The zero-order chi connectivity index (χ0) is 20.9. The van der Waals surface area contributed by atoms with Crippen LogP contribution in [0.15, 0.2) is 47.4 Å². The molecule has 0 saturated carbocycles. The highest BCUT2D eigenvalue weighted by atomic mass is 35.5. The number of nitrogens with zero attached hydrogens (tertiary/aromatic N) is 1. The fraction of sp³-hybridized carbons (Fsp3) is 0.381. The van der Waals surface area contributed by atoms with Crippen molar-refractivity contribution in [1.82, 2.24) is 9.62 Å². The quantitative estimate of drug-likeness (QED) is 0.719. The van der Waals surface area contributed by atoms with Crippen molar-refractivity contribution >= 4 is 27.5 Å². The Bertz CT molecular complexity index is 955. The number of methoxy groups -OCH3 is 1. The highest BCUT2D eigenvalue weighted by Gasteiger charge is 2.28. The maximum atomic E-state index is 12.9. The Balaban J connectivity index is 1.72. The Labute approximate surface area is 176 Å². The second-order valence-corrected chi connectivity index (χ2v) is 9.36. The summed E-state index contributed by atoms with van der Waals surface area (Å²) >= 11 is 6.17. The van der Waals surface area contributed by atoms with Crippen molar-refractivity contribution < 1.29 is 17.9 Å². The molecule has 0 atom stereocenters. The van der Waals surface area contributed by atoms with Crippen LogP contribution in [0, 0.1) is 0 Å². The number of hydrogen-bond acceptors (Lipinski definition) is 4. The predicted octanol–water partition coefficient (Wildman–Crippen LogP) is 3.59. The molecule has 3 rings (SSSR count). The van der Waals surface area contributed by atoms with E-state index in [1.165, 1.54) is 22.5 Å². The largest absolute Gasteiger partial charge is 0.380 e. The van der Waals surface area contributed by atoms with Crippen molar-refractivity contribution in [2.24, 2.45) is 0 Å². The molecular formula is C21H25ClN2O4S. The summed E-state index contributed by atoms with van der Waals surface area (Å²) in [6.45, 7) is 1.83. The topological polar surface area (TPSA) is 75.7 Å². The molecule has 0 bridgehead atoms. The molecule has 1 N–H and O–H groups in total. The molecule has 1 fully saturated rings. The molecule has 1 aliphatic rings. The van der Waals surface area contributed by atoms with Crippen molar-refractivity contribution in [3.8, 4) is 0 Å². The highest BCUT2D eigenvalue weighted by molar-refractivity contribution is 7.89. The van der Waals surface area contributed by atoms with E-state index in [1.54, 1.807) is 7.11 Å². The van der Waals surface area contributed by atoms with Gasteiger partial charge in [-0.1, -0.05) is 42.3 Å². The first kappa shape index (κ1) is 21.8. The van der Waals surface area contributed by atoms with Gasteiger partial charge in [0.2, 0.25) is 10.0 Å². The molecule has 156 valence electrons. The Kier molecular flexibility index (Phi) is 7.29. The van der Waals surface area contributed by atoms with Gasteiger partial charge in [-0.05, 0) is 42.2 Å². The van der Waals surface area contributed by atoms with Crippen molar-refractivity contribution in [2.75, 3.05) is 20.2 Å². The van der Waals surface area contributed by atoms with E-state index in [0.717, 1.165) is 30.4 Å². The molecular weight excluding hydrogens is 412 g/mol. The first-order chi connectivity index (χ1) is 13.9. The summed E-state index contributed by atoms with van der Waals surface area (Å²) in [5.41, 5.74) is 2.25. The Hall–Kier alpha value is -1.93. The van der Waals surface area contributed by atoms with Gasteiger partial charge in [0.15, 0.2) is 0 Å². The average Bonchev–Trinajstić information content (AvgIpc) is 2.74. The van der Waals surface area contributed by atoms with Crippen LogP contribution in [0.1, 0.15) is 40.7 Å². The van der Waals surface area contributed by atoms with Gasteiger partial charge in [0.25, 0.3) is 5.91 Å².